The van der Waals surface area contributed by atoms with E-state index in [9.17, 15) is 0 Å². The quantitative estimate of drug-likeness (QED) is 0.740. The molecular formula is C15H22INO. The van der Waals surface area contributed by atoms with Gasteiger partial charge in [-0.1, -0.05) is 19.9 Å². The van der Waals surface area contributed by atoms with Crippen LogP contribution < -0.4 is 4.90 Å². The zero-order valence-electron chi connectivity index (χ0n) is 11.6. The Morgan fingerprint density at radius 2 is 1.83 bits per heavy atom. The van der Waals surface area contributed by atoms with Gasteiger partial charge in [0.15, 0.2) is 0 Å². The smallest absolute Gasteiger partial charge is 0.0726 e. The molecule has 2 atom stereocenters. The van der Waals surface area contributed by atoms with Crippen LogP contribution in [0.5, 0.6) is 0 Å². The van der Waals surface area contributed by atoms with E-state index in [2.05, 4.69) is 73.4 Å². The maximum atomic E-state index is 5.79. The SMILES string of the molecule is CC1CN(c2ccc(C(C)C)c(I)c2)CC(C)O1. The minimum Gasteiger partial charge on any atom is -0.372 e. The maximum Gasteiger partial charge on any atom is 0.0726 e. The summed E-state index contributed by atoms with van der Waals surface area (Å²) >= 11 is 2.45. The third-order valence-corrected chi connectivity index (χ3v) is 4.33. The largest absolute Gasteiger partial charge is 0.372 e. The molecule has 0 saturated carbocycles. The molecule has 100 valence electrons. The summed E-state index contributed by atoms with van der Waals surface area (Å²) in [5.74, 6) is 0.591. The van der Waals surface area contributed by atoms with Gasteiger partial charge in [-0.05, 0) is 60.1 Å². The topological polar surface area (TPSA) is 12.5 Å². The van der Waals surface area contributed by atoms with Crippen LogP contribution in [0.4, 0.5) is 5.69 Å². The molecule has 1 saturated heterocycles. The Balaban J connectivity index is 2.21. The third-order valence-electron chi connectivity index (χ3n) is 3.39. The molecule has 18 heavy (non-hydrogen) atoms. The number of anilines is 1. The molecule has 0 aromatic heterocycles. The van der Waals surface area contributed by atoms with Crippen molar-refractivity contribution in [1.82, 2.24) is 0 Å². The van der Waals surface area contributed by atoms with E-state index in [1.54, 1.807) is 0 Å². The van der Waals surface area contributed by atoms with Gasteiger partial charge in [0.05, 0.1) is 12.2 Å². The second-order valence-electron chi connectivity index (χ2n) is 5.52. The standard InChI is InChI=1S/C15H22INO/c1-10(2)14-6-5-13(7-15(14)16)17-8-11(3)18-12(4)9-17/h5-7,10-12H,8-9H2,1-4H3. The molecule has 0 spiro atoms. The molecule has 0 N–H and O–H groups in total. The van der Waals surface area contributed by atoms with Gasteiger partial charge in [0.1, 0.15) is 0 Å². The summed E-state index contributed by atoms with van der Waals surface area (Å²) in [6.07, 6.45) is 0.632. The molecule has 0 amide bonds. The molecule has 0 bridgehead atoms. The van der Waals surface area contributed by atoms with Crippen molar-refractivity contribution in [2.24, 2.45) is 0 Å². The number of rotatable bonds is 2. The number of hydrogen-bond acceptors (Lipinski definition) is 2. The molecule has 2 nitrogen and oxygen atoms in total. The number of halogens is 1. The van der Waals surface area contributed by atoms with Crippen LogP contribution in [0.2, 0.25) is 0 Å². The molecule has 2 unspecified atom stereocenters. The first-order valence-electron chi connectivity index (χ1n) is 6.67. The van der Waals surface area contributed by atoms with Gasteiger partial charge in [0, 0.05) is 22.3 Å². The van der Waals surface area contributed by atoms with Crippen molar-refractivity contribution in [2.45, 2.75) is 45.8 Å². The van der Waals surface area contributed by atoms with Crippen molar-refractivity contribution in [3.8, 4) is 0 Å². The number of benzene rings is 1. The van der Waals surface area contributed by atoms with Crippen molar-refractivity contribution in [3.05, 3.63) is 27.3 Å². The van der Waals surface area contributed by atoms with Gasteiger partial charge < -0.3 is 9.64 Å². The van der Waals surface area contributed by atoms with E-state index in [0.29, 0.717) is 18.1 Å². The lowest BCUT2D eigenvalue weighted by atomic mass is 10.0. The van der Waals surface area contributed by atoms with Crippen molar-refractivity contribution in [1.29, 1.82) is 0 Å². The first-order chi connectivity index (χ1) is 8.47. The van der Waals surface area contributed by atoms with Crippen LogP contribution in [0.1, 0.15) is 39.2 Å². The molecule has 1 heterocycles. The third kappa shape index (κ3) is 3.18. The van der Waals surface area contributed by atoms with Gasteiger partial charge in [-0.15, -0.1) is 0 Å². The Bertz CT molecular complexity index is 409. The first-order valence-corrected chi connectivity index (χ1v) is 7.75. The highest BCUT2D eigenvalue weighted by atomic mass is 127. The molecule has 0 radical (unpaired) electrons. The van der Waals surface area contributed by atoms with Crippen LogP contribution in [0.3, 0.4) is 0 Å². The number of hydrogen-bond donors (Lipinski definition) is 0. The van der Waals surface area contributed by atoms with Crippen LogP contribution in [-0.2, 0) is 4.74 Å². The first kappa shape index (κ1) is 14.1. The van der Waals surface area contributed by atoms with Crippen LogP contribution in [0.25, 0.3) is 0 Å². The minimum atomic E-state index is 0.316. The Kier molecular flexibility index (Phi) is 4.54. The zero-order chi connectivity index (χ0) is 13.3. The second kappa shape index (κ2) is 5.78. The Morgan fingerprint density at radius 3 is 2.33 bits per heavy atom. The Morgan fingerprint density at radius 1 is 1.22 bits per heavy atom. The van der Waals surface area contributed by atoms with Gasteiger partial charge >= 0.3 is 0 Å². The van der Waals surface area contributed by atoms with Gasteiger partial charge in [-0.3, -0.25) is 0 Å². The molecule has 1 aromatic carbocycles. The van der Waals surface area contributed by atoms with Gasteiger partial charge in [0.2, 0.25) is 0 Å². The van der Waals surface area contributed by atoms with E-state index in [4.69, 9.17) is 4.74 Å². The highest BCUT2D eigenvalue weighted by Crippen LogP contribution is 2.27. The lowest BCUT2D eigenvalue weighted by molar-refractivity contribution is -0.00522. The fraction of sp³-hybridized carbons (Fsp3) is 0.600. The lowest BCUT2D eigenvalue weighted by Crippen LogP contribution is -2.45. The highest BCUT2D eigenvalue weighted by molar-refractivity contribution is 14.1. The molecule has 3 heteroatoms. The fourth-order valence-electron chi connectivity index (χ4n) is 2.57. The van der Waals surface area contributed by atoms with E-state index in [1.807, 2.05) is 0 Å². The highest BCUT2D eigenvalue weighted by Gasteiger charge is 2.22. The maximum absolute atomic E-state index is 5.79. The van der Waals surface area contributed by atoms with E-state index in [1.165, 1.54) is 14.8 Å². The van der Waals surface area contributed by atoms with Gasteiger partial charge in [-0.2, -0.15) is 0 Å². The number of nitrogens with zero attached hydrogens (tertiary/aromatic N) is 1. The van der Waals surface area contributed by atoms with Crippen molar-refractivity contribution in [3.63, 3.8) is 0 Å². The van der Waals surface area contributed by atoms with E-state index < -0.39 is 0 Å². The summed E-state index contributed by atoms with van der Waals surface area (Å²) in [5, 5.41) is 0. The Hall–Kier alpha value is -0.290. The van der Waals surface area contributed by atoms with Crippen LogP contribution >= 0.6 is 22.6 Å². The molecule has 1 aromatic rings. The number of morpholine rings is 1. The van der Waals surface area contributed by atoms with Crippen molar-refractivity contribution >= 4 is 28.3 Å². The monoisotopic (exact) mass is 359 g/mol. The lowest BCUT2D eigenvalue weighted by Gasteiger charge is -2.37. The second-order valence-corrected chi connectivity index (χ2v) is 6.69. The average molecular weight is 359 g/mol. The van der Waals surface area contributed by atoms with Crippen LogP contribution in [-0.4, -0.2) is 25.3 Å². The van der Waals surface area contributed by atoms with E-state index >= 15 is 0 Å². The minimum absolute atomic E-state index is 0.316. The summed E-state index contributed by atoms with van der Waals surface area (Å²) in [6, 6.07) is 6.83. The summed E-state index contributed by atoms with van der Waals surface area (Å²) in [4.78, 5) is 2.44. The summed E-state index contributed by atoms with van der Waals surface area (Å²) in [6.45, 7) is 10.8. The van der Waals surface area contributed by atoms with Crippen LogP contribution in [0.15, 0.2) is 18.2 Å². The Labute approximate surface area is 124 Å². The normalized spacial score (nSPS) is 24.7. The average Bonchev–Trinajstić information content (AvgIpc) is 2.26. The molecule has 1 aliphatic rings. The molecule has 1 fully saturated rings. The van der Waals surface area contributed by atoms with Crippen molar-refractivity contribution < 1.29 is 4.74 Å². The van der Waals surface area contributed by atoms with Gasteiger partial charge in [-0.25, -0.2) is 0 Å². The molecule has 2 rings (SSSR count). The molecular weight excluding hydrogens is 337 g/mol. The molecule has 0 aliphatic carbocycles. The predicted octanol–water partition coefficient (Wildman–Crippen LogP) is 4.03. The predicted molar refractivity (Wildman–Crippen MR) is 85.5 cm³/mol. The summed E-state index contributed by atoms with van der Waals surface area (Å²) < 4.78 is 7.15. The fourth-order valence-corrected chi connectivity index (χ4v) is 3.69. The zero-order valence-corrected chi connectivity index (χ0v) is 13.8. The van der Waals surface area contributed by atoms with E-state index in [0.717, 1.165) is 13.1 Å². The van der Waals surface area contributed by atoms with Crippen molar-refractivity contribution in [2.75, 3.05) is 18.0 Å². The number of ether oxygens (including phenoxy) is 1. The summed E-state index contributed by atoms with van der Waals surface area (Å²) in [7, 11) is 0. The van der Waals surface area contributed by atoms with Gasteiger partial charge in [0.25, 0.3) is 0 Å². The van der Waals surface area contributed by atoms with Crippen LogP contribution in [0, 0.1) is 3.57 Å². The van der Waals surface area contributed by atoms with E-state index in [-0.39, 0.29) is 0 Å². The summed E-state index contributed by atoms with van der Waals surface area (Å²) in [5.41, 5.74) is 2.76. The molecule has 1 aliphatic heterocycles.